The topological polar surface area (TPSA) is 72.7 Å². The lowest BCUT2D eigenvalue weighted by Gasteiger charge is -2.31. The highest BCUT2D eigenvalue weighted by molar-refractivity contribution is 5.75. The summed E-state index contributed by atoms with van der Waals surface area (Å²) < 4.78 is 11.9. The Bertz CT molecular complexity index is 692. The van der Waals surface area contributed by atoms with Crippen molar-refractivity contribution >= 4 is 16.9 Å². The molecule has 1 aliphatic heterocycles. The molecule has 3 rings (SSSR count). The zero-order valence-corrected chi connectivity index (χ0v) is 11.1. The molecule has 106 valence electrons. The van der Waals surface area contributed by atoms with E-state index in [1.807, 2.05) is 4.90 Å². The van der Waals surface area contributed by atoms with E-state index in [2.05, 4.69) is 0 Å². The molecule has 0 spiro atoms. The predicted molar refractivity (Wildman–Crippen MR) is 73.7 cm³/mol. The molecule has 7 nitrogen and oxygen atoms in total. The largest absolute Gasteiger partial charge is 0.804 e. The smallest absolute Gasteiger partial charge is 0.286 e. The van der Waals surface area contributed by atoms with Gasteiger partial charge in [0.1, 0.15) is 11.3 Å². The third-order valence-electron chi connectivity index (χ3n) is 3.41. The van der Waals surface area contributed by atoms with E-state index in [0.717, 1.165) is 4.73 Å². The van der Waals surface area contributed by atoms with Crippen LogP contribution in [0, 0.1) is 10.1 Å². The van der Waals surface area contributed by atoms with Crippen LogP contribution >= 0.6 is 0 Å². The van der Waals surface area contributed by atoms with Gasteiger partial charge in [0.05, 0.1) is 24.8 Å². The number of morpholine rings is 1. The van der Waals surface area contributed by atoms with Gasteiger partial charge < -0.3 is 24.3 Å². The lowest BCUT2D eigenvalue weighted by atomic mass is 10.3. The fourth-order valence-electron chi connectivity index (χ4n) is 2.33. The van der Waals surface area contributed by atoms with Crippen molar-refractivity contribution in [2.45, 2.75) is 0 Å². The predicted octanol–water partition coefficient (Wildman–Crippen LogP) is 0.747. The van der Waals surface area contributed by atoms with Gasteiger partial charge in [-0.3, -0.25) is 0 Å². The van der Waals surface area contributed by atoms with E-state index in [9.17, 15) is 10.1 Å². The molecule has 0 aliphatic carbocycles. The summed E-state index contributed by atoms with van der Waals surface area (Å²) in [7, 11) is 1.52. The average molecular weight is 277 g/mol. The van der Waals surface area contributed by atoms with Gasteiger partial charge >= 0.3 is 0 Å². The molecule has 1 aliphatic rings. The molecule has 1 saturated heterocycles. The first-order chi connectivity index (χ1) is 9.70. The quantitative estimate of drug-likeness (QED) is 0.757. The molecular weight excluding hydrogens is 262 g/mol. The number of hydrogen-bond acceptors (Lipinski definition) is 5. The van der Waals surface area contributed by atoms with E-state index < -0.39 is 0 Å². The van der Waals surface area contributed by atoms with Crippen molar-refractivity contribution < 1.29 is 13.9 Å². The second-order valence-corrected chi connectivity index (χ2v) is 4.56. The maximum Gasteiger partial charge on any atom is 0.286 e. The number of ether oxygens (including phenoxy) is 2. The highest BCUT2D eigenvalue weighted by Gasteiger charge is 2.19. The van der Waals surface area contributed by atoms with E-state index in [-0.39, 0.29) is 0 Å². The maximum absolute atomic E-state index is 12.5. The van der Waals surface area contributed by atoms with Crippen LogP contribution in [0.25, 0.3) is 11.0 Å². The summed E-state index contributed by atoms with van der Waals surface area (Å²) >= 11 is 0. The number of methoxy groups -OCH3 is 1. The average Bonchev–Trinajstić information content (AvgIpc) is 2.51. The lowest BCUT2D eigenvalue weighted by Crippen LogP contribution is -2.39. The minimum Gasteiger partial charge on any atom is -0.804 e. The van der Waals surface area contributed by atoms with Crippen LogP contribution in [-0.2, 0) is 4.74 Å². The molecule has 0 atom stereocenters. The van der Waals surface area contributed by atoms with Crippen LogP contribution in [0.2, 0.25) is 0 Å². The van der Waals surface area contributed by atoms with Crippen LogP contribution in [0.1, 0.15) is 0 Å². The zero-order valence-electron chi connectivity index (χ0n) is 11.1. The van der Waals surface area contributed by atoms with Crippen molar-refractivity contribution in [2.75, 3.05) is 38.3 Å². The molecule has 1 aromatic heterocycles. The molecule has 0 bridgehead atoms. The molecule has 20 heavy (non-hydrogen) atoms. The number of anilines is 1. The van der Waals surface area contributed by atoms with Crippen molar-refractivity contribution in [1.29, 1.82) is 0 Å². The minimum absolute atomic E-state index is 0.295. The van der Waals surface area contributed by atoms with Crippen molar-refractivity contribution in [2.24, 2.45) is 0 Å². The Labute approximate surface area is 115 Å². The molecule has 2 heterocycles. The first-order valence-electron chi connectivity index (χ1n) is 6.37. The van der Waals surface area contributed by atoms with Gasteiger partial charge in [-0.15, -0.1) is 0 Å². The molecular formula is C13H15N3O4. The van der Waals surface area contributed by atoms with E-state index in [4.69, 9.17) is 9.47 Å². The molecule has 0 radical (unpaired) electrons. The van der Waals surface area contributed by atoms with Crippen molar-refractivity contribution in [3.05, 3.63) is 34.5 Å². The number of aromatic nitrogens is 2. The van der Waals surface area contributed by atoms with Crippen molar-refractivity contribution in [1.82, 2.24) is 4.73 Å². The zero-order chi connectivity index (χ0) is 14.1. The van der Waals surface area contributed by atoms with Crippen LogP contribution in [-0.4, -0.2) is 38.1 Å². The van der Waals surface area contributed by atoms with E-state index in [1.54, 1.807) is 18.2 Å². The molecule has 0 N–H and O–H groups in total. The number of nitrogens with zero attached hydrogens (tertiary/aromatic N) is 3. The Kier molecular flexibility index (Phi) is 3.19. The molecule has 0 amide bonds. The highest BCUT2D eigenvalue weighted by Crippen LogP contribution is 2.22. The standard InChI is InChI=1S/C13H15N3O4/c1-19-10-2-3-11-12(8-10)16(18)13(9-15(11)17)14-4-6-20-7-5-14/h2-3,8-9H,4-7H2,1H3. The van der Waals surface area contributed by atoms with Gasteiger partial charge in [-0.1, -0.05) is 0 Å². The maximum atomic E-state index is 12.5. The van der Waals surface area contributed by atoms with E-state index >= 15 is 0 Å². The van der Waals surface area contributed by atoms with Gasteiger partial charge in [0.2, 0.25) is 0 Å². The summed E-state index contributed by atoms with van der Waals surface area (Å²) in [5.41, 5.74) is 0.612. The van der Waals surface area contributed by atoms with Crippen molar-refractivity contribution in [3.63, 3.8) is 0 Å². The summed E-state index contributed by atoms with van der Waals surface area (Å²) in [4.78, 5) is 13.9. The van der Waals surface area contributed by atoms with Crippen LogP contribution in [0.15, 0.2) is 24.4 Å². The van der Waals surface area contributed by atoms with Crippen molar-refractivity contribution in [3.8, 4) is 5.75 Å². The highest BCUT2D eigenvalue weighted by atomic mass is 16.5. The van der Waals surface area contributed by atoms with Crippen LogP contribution in [0.3, 0.4) is 0 Å². The van der Waals surface area contributed by atoms with E-state index in [0.29, 0.717) is 53.3 Å². The third kappa shape index (κ3) is 2.05. The fraction of sp³-hybridized carbons (Fsp3) is 0.385. The minimum atomic E-state index is 0.295. The Morgan fingerprint density at radius 3 is 2.80 bits per heavy atom. The SMILES string of the molecule is COc1ccc2c(c1)n([O-])c(N1CCOCC1)c[n+]2=O. The molecule has 2 aromatic rings. The summed E-state index contributed by atoms with van der Waals surface area (Å²) in [5, 5.41) is 12.5. The third-order valence-corrected chi connectivity index (χ3v) is 3.41. The Morgan fingerprint density at radius 1 is 1.35 bits per heavy atom. The summed E-state index contributed by atoms with van der Waals surface area (Å²) in [6, 6.07) is 4.81. The second kappa shape index (κ2) is 5.01. The second-order valence-electron chi connectivity index (χ2n) is 4.56. The van der Waals surface area contributed by atoms with Gasteiger partial charge in [-0.25, -0.2) is 0 Å². The molecule has 1 aromatic carbocycles. The van der Waals surface area contributed by atoms with Gasteiger partial charge in [-0.2, -0.15) is 0 Å². The van der Waals surface area contributed by atoms with Crippen LogP contribution < -0.4 is 14.1 Å². The number of fused-ring (bicyclic) bond motifs is 1. The van der Waals surface area contributed by atoms with Crippen LogP contribution in [0.5, 0.6) is 5.75 Å². The Balaban J connectivity index is 2.18. The number of hydrogen-bond donors (Lipinski definition) is 0. The molecule has 0 unspecified atom stereocenters. The van der Waals surface area contributed by atoms with E-state index in [1.165, 1.54) is 13.3 Å². The number of benzene rings is 1. The molecule has 0 saturated carbocycles. The monoisotopic (exact) mass is 277 g/mol. The Morgan fingerprint density at radius 2 is 2.10 bits per heavy atom. The fourth-order valence-corrected chi connectivity index (χ4v) is 2.33. The first-order valence-corrected chi connectivity index (χ1v) is 6.37. The molecule has 7 heteroatoms. The molecule has 1 fully saturated rings. The normalized spacial score (nSPS) is 15.6. The van der Waals surface area contributed by atoms with Gasteiger partial charge in [0, 0.05) is 30.1 Å². The van der Waals surface area contributed by atoms with Crippen LogP contribution in [0.4, 0.5) is 5.82 Å². The summed E-state index contributed by atoms with van der Waals surface area (Å²) in [6.45, 7) is 2.29. The van der Waals surface area contributed by atoms with Gasteiger partial charge in [0.25, 0.3) is 11.7 Å². The first kappa shape index (κ1) is 12.7. The summed E-state index contributed by atoms with van der Waals surface area (Å²) in [6.07, 6.45) is 1.31. The van der Waals surface area contributed by atoms with Gasteiger partial charge in [0.15, 0.2) is 5.82 Å². The summed E-state index contributed by atoms with van der Waals surface area (Å²) in [5.74, 6) is 0.880. The Hall–Kier alpha value is -2.28. The van der Waals surface area contributed by atoms with Gasteiger partial charge in [-0.05, 0) is 6.07 Å². The number of rotatable bonds is 2. The lowest BCUT2D eigenvalue weighted by molar-refractivity contribution is -0.463.